The Morgan fingerprint density at radius 1 is 1.00 bits per heavy atom. The Labute approximate surface area is 153 Å². The fourth-order valence-electron chi connectivity index (χ4n) is 2.54. The first-order valence-electron chi connectivity index (χ1n) is 7.71. The highest BCUT2D eigenvalue weighted by Gasteiger charge is 2.50. The zero-order valence-corrected chi connectivity index (χ0v) is 14.4. The van der Waals surface area contributed by atoms with E-state index in [9.17, 15) is 28.1 Å². The van der Waals surface area contributed by atoms with Crippen LogP contribution in [0.3, 0.4) is 0 Å². The van der Waals surface area contributed by atoms with E-state index < -0.39 is 46.0 Å². The summed E-state index contributed by atoms with van der Waals surface area (Å²) in [6.07, 6.45) is -6.21. The predicted octanol–water partition coefficient (Wildman–Crippen LogP) is -0.0806. The average molecular weight is 401 g/mol. The topological polar surface area (TPSA) is 146 Å². The lowest BCUT2D eigenvalue weighted by Crippen LogP contribution is -2.61. The minimum atomic E-state index is -4.87. The van der Waals surface area contributed by atoms with Crippen LogP contribution in [0.5, 0.6) is 5.75 Å². The normalized spacial score (nSPS) is 28.7. The van der Waals surface area contributed by atoms with Crippen molar-refractivity contribution in [3.05, 3.63) is 48.4 Å². The van der Waals surface area contributed by atoms with Crippen molar-refractivity contribution in [3.8, 4) is 17.0 Å². The van der Waals surface area contributed by atoms with Crippen molar-refractivity contribution >= 4 is 10.1 Å². The molecule has 1 aliphatic heterocycles. The summed E-state index contributed by atoms with van der Waals surface area (Å²) >= 11 is 0. The van der Waals surface area contributed by atoms with E-state index in [1.807, 2.05) is 0 Å². The summed E-state index contributed by atoms with van der Waals surface area (Å²) in [5, 5.41) is 29.3. The number of aromatic nitrogens is 1. The number of halogens is 1. The van der Waals surface area contributed by atoms with Crippen molar-refractivity contribution < 1.29 is 42.2 Å². The number of aliphatic hydroxyl groups is 3. The standard InChI is InChI=1S/C16H16FNO8S/c17-9-3-1-8(2-4-9)11-6-5-10(7-18-11)25-15-13(20)12(19)14(21)16(26-15)27(22,23)24/h1-7,12-16,19-21H,(H,22,23,24)/t12-,13-,14+,15-,16?/m1/s1. The summed E-state index contributed by atoms with van der Waals surface area (Å²) < 4.78 is 54.7. The molecule has 27 heavy (non-hydrogen) atoms. The van der Waals surface area contributed by atoms with E-state index in [0.717, 1.165) is 0 Å². The molecule has 146 valence electrons. The first kappa shape index (κ1) is 19.6. The van der Waals surface area contributed by atoms with Gasteiger partial charge in [0.15, 0.2) is 0 Å². The molecule has 11 heteroatoms. The van der Waals surface area contributed by atoms with Crippen LogP contribution in [0.25, 0.3) is 11.3 Å². The number of ether oxygens (including phenoxy) is 2. The zero-order valence-electron chi connectivity index (χ0n) is 13.6. The maximum atomic E-state index is 13.0. The molecular formula is C16H16FNO8S. The number of rotatable bonds is 4. The molecule has 1 aromatic carbocycles. The van der Waals surface area contributed by atoms with Gasteiger partial charge in [-0.1, -0.05) is 0 Å². The minimum Gasteiger partial charge on any atom is -0.460 e. The van der Waals surface area contributed by atoms with Crippen molar-refractivity contribution in [2.24, 2.45) is 0 Å². The van der Waals surface area contributed by atoms with E-state index in [4.69, 9.17) is 14.0 Å². The van der Waals surface area contributed by atoms with Crippen LogP contribution in [0, 0.1) is 5.82 Å². The second-order valence-corrected chi connectivity index (χ2v) is 7.36. The van der Waals surface area contributed by atoms with Crippen LogP contribution in [-0.2, 0) is 14.9 Å². The minimum absolute atomic E-state index is 0.0580. The van der Waals surface area contributed by atoms with Crippen molar-refractivity contribution in [1.29, 1.82) is 0 Å². The Balaban J connectivity index is 1.76. The molecule has 2 aromatic rings. The van der Waals surface area contributed by atoms with Gasteiger partial charge in [-0.2, -0.15) is 8.42 Å². The fraction of sp³-hybridized carbons (Fsp3) is 0.312. The van der Waals surface area contributed by atoms with Gasteiger partial charge in [0, 0.05) is 5.56 Å². The lowest BCUT2D eigenvalue weighted by atomic mass is 10.1. The van der Waals surface area contributed by atoms with E-state index in [-0.39, 0.29) is 5.75 Å². The van der Waals surface area contributed by atoms with Gasteiger partial charge in [0.2, 0.25) is 11.7 Å². The Hall–Kier alpha value is -2.15. The van der Waals surface area contributed by atoms with E-state index >= 15 is 0 Å². The third-order valence-electron chi connectivity index (χ3n) is 3.95. The average Bonchev–Trinajstić information content (AvgIpc) is 2.62. The second-order valence-electron chi connectivity index (χ2n) is 5.86. The van der Waals surface area contributed by atoms with Crippen molar-refractivity contribution in [3.63, 3.8) is 0 Å². The summed E-state index contributed by atoms with van der Waals surface area (Å²) in [6, 6.07) is 8.57. The van der Waals surface area contributed by atoms with Gasteiger partial charge in [-0.15, -0.1) is 0 Å². The molecule has 0 spiro atoms. The van der Waals surface area contributed by atoms with Crippen LogP contribution in [0.15, 0.2) is 42.6 Å². The lowest BCUT2D eigenvalue weighted by molar-refractivity contribution is -0.254. The molecule has 0 saturated carbocycles. The highest BCUT2D eigenvalue weighted by Crippen LogP contribution is 2.27. The number of aliphatic hydroxyl groups excluding tert-OH is 3. The zero-order chi connectivity index (χ0) is 19.8. The quantitative estimate of drug-likeness (QED) is 0.517. The van der Waals surface area contributed by atoms with E-state index in [1.165, 1.54) is 42.6 Å². The predicted molar refractivity (Wildman–Crippen MR) is 88.5 cm³/mol. The van der Waals surface area contributed by atoms with Gasteiger partial charge in [0.05, 0.1) is 11.9 Å². The summed E-state index contributed by atoms with van der Waals surface area (Å²) in [4.78, 5) is 4.11. The Kier molecular flexibility index (Phi) is 5.42. The fourth-order valence-corrected chi connectivity index (χ4v) is 3.30. The number of hydrogen-bond donors (Lipinski definition) is 4. The third-order valence-corrected chi connectivity index (χ3v) is 4.93. The van der Waals surface area contributed by atoms with Gasteiger partial charge in [0.25, 0.3) is 10.1 Å². The molecule has 1 unspecified atom stereocenters. The maximum Gasteiger partial charge on any atom is 0.295 e. The van der Waals surface area contributed by atoms with Crippen LogP contribution >= 0.6 is 0 Å². The van der Waals surface area contributed by atoms with E-state index in [1.54, 1.807) is 0 Å². The molecule has 3 rings (SSSR count). The second kappa shape index (κ2) is 7.46. The Bertz CT molecular complexity index is 890. The molecule has 2 heterocycles. The van der Waals surface area contributed by atoms with Gasteiger partial charge in [-0.3, -0.25) is 9.54 Å². The number of nitrogens with zero attached hydrogens (tertiary/aromatic N) is 1. The molecule has 9 nitrogen and oxygen atoms in total. The molecule has 1 fully saturated rings. The van der Waals surface area contributed by atoms with Gasteiger partial charge >= 0.3 is 0 Å². The molecule has 0 radical (unpaired) electrons. The summed E-state index contributed by atoms with van der Waals surface area (Å²) in [5.74, 6) is -0.334. The number of hydrogen-bond acceptors (Lipinski definition) is 8. The number of pyridine rings is 1. The maximum absolute atomic E-state index is 13.0. The molecule has 1 saturated heterocycles. The largest absolute Gasteiger partial charge is 0.460 e. The van der Waals surface area contributed by atoms with Crippen LogP contribution < -0.4 is 4.74 Å². The first-order chi connectivity index (χ1) is 12.7. The highest BCUT2D eigenvalue weighted by molar-refractivity contribution is 7.86. The molecule has 0 bridgehead atoms. The van der Waals surface area contributed by atoms with Gasteiger partial charge in [-0.05, 0) is 36.4 Å². The molecule has 1 aromatic heterocycles. The number of benzene rings is 1. The lowest BCUT2D eigenvalue weighted by Gasteiger charge is -2.38. The molecule has 4 N–H and O–H groups in total. The van der Waals surface area contributed by atoms with Crippen molar-refractivity contribution in [1.82, 2.24) is 4.98 Å². The molecule has 5 atom stereocenters. The molecule has 1 aliphatic rings. The summed E-state index contributed by atoms with van der Waals surface area (Å²) in [5.41, 5.74) is -1.05. The van der Waals surface area contributed by atoms with Gasteiger partial charge in [-0.25, -0.2) is 4.39 Å². The first-order valence-corrected chi connectivity index (χ1v) is 9.22. The molecular weight excluding hydrogens is 385 g/mol. The monoisotopic (exact) mass is 401 g/mol. The van der Waals surface area contributed by atoms with Crippen molar-refractivity contribution in [2.75, 3.05) is 0 Å². The van der Waals surface area contributed by atoms with Crippen molar-refractivity contribution in [2.45, 2.75) is 30.0 Å². The highest BCUT2D eigenvalue weighted by atomic mass is 32.2. The van der Waals surface area contributed by atoms with E-state index in [2.05, 4.69) is 4.98 Å². The van der Waals surface area contributed by atoms with Gasteiger partial charge < -0.3 is 24.8 Å². The smallest absolute Gasteiger partial charge is 0.295 e. The summed E-state index contributed by atoms with van der Waals surface area (Å²) in [6.45, 7) is 0. The third kappa shape index (κ3) is 4.24. The Morgan fingerprint density at radius 2 is 1.67 bits per heavy atom. The van der Waals surface area contributed by atoms with Crippen LogP contribution in [-0.4, -0.2) is 63.3 Å². The Morgan fingerprint density at radius 3 is 2.22 bits per heavy atom. The van der Waals surface area contributed by atoms with Crippen LogP contribution in [0.4, 0.5) is 4.39 Å². The SMILES string of the molecule is O=S(=O)(O)C1O[C@@H](Oc2ccc(-c3ccc(F)cc3)nc2)[C@H](O)[C@@H](O)[C@@H]1O. The molecule has 0 aliphatic carbocycles. The van der Waals surface area contributed by atoms with E-state index in [0.29, 0.717) is 11.3 Å². The van der Waals surface area contributed by atoms with Gasteiger partial charge in [0.1, 0.15) is 29.9 Å². The summed E-state index contributed by atoms with van der Waals surface area (Å²) in [7, 11) is -4.87. The molecule has 0 amide bonds. The van der Waals surface area contributed by atoms with Crippen LogP contribution in [0.2, 0.25) is 0 Å². The van der Waals surface area contributed by atoms with Crippen LogP contribution in [0.1, 0.15) is 0 Å².